The number of fused-ring (bicyclic) bond motifs is 5. The lowest BCUT2D eigenvalue weighted by Gasteiger charge is -2.09. The van der Waals surface area contributed by atoms with Crippen molar-refractivity contribution >= 4 is 83.6 Å². The summed E-state index contributed by atoms with van der Waals surface area (Å²) < 4.78 is 0. The number of hydrogen-bond donors (Lipinski definition) is 2. The van der Waals surface area contributed by atoms with Crippen LogP contribution < -0.4 is 0 Å². The first-order valence-corrected chi connectivity index (χ1v) is 33.8. The van der Waals surface area contributed by atoms with E-state index in [1.807, 2.05) is 224 Å². The molecule has 13 aromatic rings. The Morgan fingerprint density at radius 2 is 0.684 bits per heavy atom. The number of nitrogens with zero attached hydrogens (tertiary/aromatic N) is 4. The standard InChI is InChI=1S/C16H14.C15H12O.C14H10.C13H10O.C12H9N3.C7H11NO2.C3H8.3C2H6.2CH4O/c1-2-14-15-9-5-3-7-12(15)11-13-8-4-6-10-16(13)14;16-15(14-9-5-2-6-10-14)12-11-13-7-3-1-4-8-13;1-2-6-12-10-14-8-4-3-7-13(14)9-11(12)5-1;14-13(11-7-3-1-4-8-11)12-9-5-2-6-10-12;1-2-6-10(7-3-1)15-13-11-8-4-5-9-12(11)14-15;1-4-5(2)7(10)8(3)6(4)9;1-3-2;5*1-2/h3-11H,2H2,1H3;1-12H;2*1-10H;1-9H;4-5H,1-3H3;3H2,1-2H3;3*1-2H3;2*2H,1H3/b;12-11+;;;;;;;;;;. The minimum atomic E-state index is -0.127. The van der Waals surface area contributed by atoms with Gasteiger partial charge in [-0.05, 0) is 109 Å². The van der Waals surface area contributed by atoms with Crippen molar-refractivity contribution in [2.24, 2.45) is 11.8 Å². The fourth-order valence-electron chi connectivity index (χ4n) is 9.84. The fraction of sp³-hybridized carbons (Fsp3) is 0.205. The third-order valence-corrected chi connectivity index (χ3v) is 14.7. The molecule has 1 saturated heterocycles. The third-order valence-electron chi connectivity index (χ3n) is 14.7. The van der Waals surface area contributed by atoms with E-state index in [1.165, 1.54) is 67.0 Å². The number of rotatable bonds is 7. The summed E-state index contributed by atoms with van der Waals surface area (Å²) in [6.07, 6.45) is 5.77. The Kier molecular flexibility index (Phi) is 39.2. The van der Waals surface area contributed by atoms with Crippen LogP contribution in [-0.4, -0.2) is 74.8 Å². The molecule has 2 N–H and O–H groups in total. The average molecular weight is 1310 g/mol. The molecule has 508 valence electrons. The number of likely N-dealkylation sites (tertiary alicyclic amines) is 1. The summed E-state index contributed by atoms with van der Waals surface area (Å²) >= 11 is 0. The summed E-state index contributed by atoms with van der Waals surface area (Å²) in [5.74, 6) is -0.263. The maximum absolute atomic E-state index is 11.8. The normalized spacial score (nSPS) is 12.0. The molecule has 10 heteroatoms. The highest BCUT2D eigenvalue weighted by Gasteiger charge is 2.39. The number of para-hydroxylation sites is 1. The van der Waals surface area contributed by atoms with E-state index in [4.69, 9.17) is 10.2 Å². The molecule has 0 aliphatic carbocycles. The SMILES string of the molecule is CC.CC.CC.CC1C(=O)N(C)C(=O)C1C.CCC.CCc1c2ccccc2cc2ccccc12.CO.CO.O=C(/C=C/c1ccccc1)c1ccccc1.O=C(c1ccccc1)c1ccccc1.c1ccc(-n2nc3ccccc3n2)cc1.c1ccc2cc3ccccc3cc2c1. The zero-order valence-electron chi connectivity index (χ0n) is 59.8. The quantitative estimate of drug-likeness (QED) is 0.0695. The lowest BCUT2D eigenvalue weighted by molar-refractivity contribution is -0.138. The number of allylic oxidation sites excluding steroid dienone is 1. The largest absolute Gasteiger partial charge is 0.400 e. The van der Waals surface area contributed by atoms with Gasteiger partial charge in [-0.25, -0.2) is 0 Å². The molecule has 0 radical (unpaired) electrons. The van der Waals surface area contributed by atoms with Gasteiger partial charge in [-0.3, -0.25) is 24.1 Å². The smallest absolute Gasteiger partial charge is 0.232 e. The number of aromatic nitrogens is 3. The average Bonchev–Trinajstić information content (AvgIpc) is 1.21. The molecule has 1 aliphatic rings. The lowest BCUT2D eigenvalue weighted by Crippen LogP contribution is -2.25. The highest BCUT2D eigenvalue weighted by Crippen LogP contribution is 2.29. The Hall–Kier alpha value is -10.8. The van der Waals surface area contributed by atoms with Gasteiger partial charge in [-0.1, -0.05) is 337 Å². The van der Waals surface area contributed by atoms with Crippen LogP contribution in [0.1, 0.15) is 120 Å². The zero-order valence-corrected chi connectivity index (χ0v) is 59.8. The number of carbonyl (C=O) groups excluding carboxylic acids is 4. The molecule has 0 bridgehead atoms. The summed E-state index contributed by atoms with van der Waals surface area (Å²) in [5.41, 5.74) is 7.50. The Labute approximate surface area is 582 Å². The Morgan fingerprint density at radius 1 is 0.398 bits per heavy atom. The molecule has 1 aromatic heterocycles. The van der Waals surface area contributed by atoms with Crippen molar-refractivity contribution in [2.45, 2.75) is 89.0 Å². The monoisotopic (exact) mass is 1310 g/mol. The molecule has 0 spiro atoms. The maximum Gasteiger partial charge on any atom is 0.232 e. The Balaban J connectivity index is 0.000000297. The van der Waals surface area contributed by atoms with Crippen molar-refractivity contribution in [1.29, 1.82) is 0 Å². The number of benzene rings is 12. The second kappa shape index (κ2) is 47.2. The fourth-order valence-corrected chi connectivity index (χ4v) is 9.84. The number of carbonyl (C=O) groups is 4. The molecule has 12 aromatic carbocycles. The molecule has 98 heavy (non-hydrogen) atoms. The predicted molar refractivity (Wildman–Crippen MR) is 416 cm³/mol. The van der Waals surface area contributed by atoms with Crippen LogP contribution in [0.4, 0.5) is 0 Å². The molecule has 0 saturated carbocycles. The van der Waals surface area contributed by atoms with Gasteiger partial charge >= 0.3 is 0 Å². The summed E-state index contributed by atoms with van der Waals surface area (Å²) in [6, 6.07) is 96.4. The first-order valence-electron chi connectivity index (χ1n) is 33.8. The molecular formula is C88H100N4O6. The van der Waals surface area contributed by atoms with Crippen LogP contribution in [0.15, 0.2) is 297 Å². The van der Waals surface area contributed by atoms with Gasteiger partial charge in [0.1, 0.15) is 11.0 Å². The summed E-state index contributed by atoms with van der Waals surface area (Å²) in [5, 5.41) is 33.5. The summed E-state index contributed by atoms with van der Waals surface area (Å²) in [6.45, 7) is 22.1. The molecule has 1 aliphatic heterocycles. The second-order valence-electron chi connectivity index (χ2n) is 21.1. The molecule has 14 rings (SSSR count). The van der Waals surface area contributed by atoms with Crippen LogP contribution in [0.5, 0.6) is 0 Å². The van der Waals surface area contributed by atoms with Crippen LogP contribution in [0.25, 0.3) is 65.9 Å². The van der Waals surface area contributed by atoms with Crippen molar-refractivity contribution in [1.82, 2.24) is 19.9 Å². The minimum Gasteiger partial charge on any atom is -0.400 e. The number of aryl methyl sites for hydroxylation is 1. The van der Waals surface area contributed by atoms with Crippen LogP contribution in [0.2, 0.25) is 0 Å². The van der Waals surface area contributed by atoms with Crippen LogP contribution in [0.3, 0.4) is 0 Å². The van der Waals surface area contributed by atoms with Gasteiger partial charge in [0.05, 0.1) is 5.69 Å². The van der Waals surface area contributed by atoms with E-state index in [9.17, 15) is 19.2 Å². The molecule has 2 atom stereocenters. The molecule has 10 nitrogen and oxygen atoms in total. The van der Waals surface area contributed by atoms with Crippen molar-refractivity contribution in [2.75, 3.05) is 21.3 Å². The van der Waals surface area contributed by atoms with Gasteiger partial charge in [0.15, 0.2) is 11.6 Å². The number of amides is 2. The van der Waals surface area contributed by atoms with Gasteiger partial charge in [0, 0.05) is 49.8 Å². The van der Waals surface area contributed by atoms with E-state index < -0.39 is 0 Å². The van der Waals surface area contributed by atoms with E-state index in [1.54, 1.807) is 24.7 Å². The topological polar surface area (TPSA) is 143 Å². The first-order chi connectivity index (χ1) is 48.0. The highest BCUT2D eigenvalue weighted by molar-refractivity contribution is 6.09. The highest BCUT2D eigenvalue weighted by atomic mass is 16.2. The number of ketones is 2. The van der Waals surface area contributed by atoms with Gasteiger partial charge in [0.25, 0.3) is 0 Å². The first kappa shape index (κ1) is 81.5. The Morgan fingerprint density at radius 3 is 1.02 bits per heavy atom. The van der Waals surface area contributed by atoms with Gasteiger partial charge in [-0.2, -0.15) is 4.80 Å². The van der Waals surface area contributed by atoms with Crippen LogP contribution >= 0.6 is 0 Å². The number of hydrogen-bond acceptors (Lipinski definition) is 8. The number of aliphatic hydroxyl groups excluding tert-OH is 2. The van der Waals surface area contributed by atoms with Crippen molar-refractivity contribution in [3.63, 3.8) is 0 Å². The van der Waals surface area contributed by atoms with Crippen molar-refractivity contribution < 1.29 is 29.4 Å². The van der Waals surface area contributed by atoms with Gasteiger partial charge < -0.3 is 10.2 Å². The lowest BCUT2D eigenvalue weighted by atomic mass is 9.95. The maximum atomic E-state index is 11.8. The van der Waals surface area contributed by atoms with E-state index in [-0.39, 0.29) is 35.2 Å². The molecular weight excluding hydrogens is 1210 g/mol. The van der Waals surface area contributed by atoms with Gasteiger partial charge in [0.2, 0.25) is 11.8 Å². The molecule has 2 amide bonds. The van der Waals surface area contributed by atoms with E-state index in [0.29, 0.717) is 0 Å². The van der Waals surface area contributed by atoms with E-state index >= 15 is 0 Å². The summed E-state index contributed by atoms with van der Waals surface area (Å²) in [7, 11) is 3.53. The molecule has 2 heterocycles. The van der Waals surface area contributed by atoms with Crippen LogP contribution in [0, 0.1) is 11.8 Å². The molecule has 1 fully saturated rings. The number of imide groups is 1. The molecule has 2 unspecified atom stereocenters. The summed E-state index contributed by atoms with van der Waals surface area (Å²) in [4.78, 5) is 48.5. The Bertz CT molecular complexity index is 4130. The predicted octanol–water partition coefficient (Wildman–Crippen LogP) is 21.4. The van der Waals surface area contributed by atoms with Crippen molar-refractivity contribution in [3.8, 4) is 5.69 Å². The number of aliphatic hydroxyl groups is 2. The van der Waals surface area contributed by atoms with Gasteiger partial charge in [-0.15, -0.1) is 10.2 Å². The van der Waals surface area contributed by atoms with E-state index in [2.05, 4.69) is 146 Å². The second-order valence-corrected chi connectivity index (χ2v) is 21.1. The van der Waals surface area contributed by atoms with E-state index in [0.717, 1.165) is 59.6 Å². The van der Waals surface area contributed by atoms with Crippen molar-refractivity contribution in [3.05, 3.63) is 325 Å². The minimum absolute atomic E-state index is 0.0319. The zero-order chi connectivity index (χ0) is 72.0. The van der Waals surface area contributed by atoms with Crippen LogP contribution in [-0.2, 0) is 16.0 Å². The third kappa shape index (κ3) is 25.1.